The quantitative estimate of drug-likeness (QED) is 0.874. The maximum absolute atomic E-state index is 6.20. The Morgan fingerprint density at radius 1 is 1.67 bits per heavy atom. The molecule has 2 rings (SSSR count). The summed E-state index contributed by atoms with van der Waals surface area (Å²) in [5.41, 5.74) is 7.15. The van der Waals surface area contributed by atoms with Crippen LogP contribution in [0.2, 0.25) is 0 Å². The van der Waals surface area contributed by atoms with E-state index in [1.165, 1.54) is 0 Å². The van der Waals surface area contributed by atoms with Crippen LogP contribution in [0.15, 0.2) is 4.60 Å². The smallest absolute Gasteiger partial charge is 0.153 e. The Balaban J connectivity index is 2.15. The van der Waals surface area contributed by atoms with Crippen molar-refractivity contribution >= 4 is 15.9 Å². The van der Waals surface area contributed by atoms with E-state index in [0.29, 0.717) is 5.92 Å². The minimum absolute atomic E-state index is 0.0559. The summed E-state index contributed by atoms with van der Waals surface area (Å²) in [6.07, 6.45) is 2.19. The molecule has 2 unspecified atom stereocenters. The summed E-state index contributed by atoms with van der Waals surface area (Å²) >= 11 is 3.37. The topological polar surface area (TPSA) is 66.0 Å². The van der Waals surface area contributed by atoms with Crippen molar-refractivity contribution in [2.75, 3.05) is 13.2 Å². The van der Waals surface area contributed by atoms with Crippen molar-refractivity contribution in [3.05, 3.63) is 10.3 Å². The summed E-state index contributed by atoms with van der Waals surface area (Å²) < 4.78 is 7.90. The Morgan fingerprint density at radius 3 is 3.00 bits per heavy atom. The molecular weight excluding hydrogens is 260 g/mol. The average Bonchev–Trinajstić information content (AvgIpc) is 2.59. The van der Waals surface area contributed by atoms with Crippen LogP contribution >= 0.6 is 15.9 Å². The van der Waals surface area contributed by atoms with Crippen molar-refractivity contribution in [2.45, 2.75) is 18.9 Å². The van der Waals surface area contributed by atoms with Crippen LogP contribution in [0, 0.1) is 5.92 Å². The van der Waals surface area contributed by atoms with Crippen molar-refractivity contribution < 1.29 is 4.74 Å². The van der Waals surface area contributed by atoms with E-state index in [0.717, 1.165) is 36.4 Å². The molecule has 0 saturated carbocycles. The molecule has 1 aliphatic rings. The predicted octanol–water partition coefficient (Wildman–Crippen LogP) is 1.00. The molecule has 15 heavy (non-hydrogen) atoms. The van der Waals surface area contributed by atoms with Crippen molar-refractivity contribution in [3.63, 3.8) is 0 Å². The van der Waals surface area contributed by atoms with Gasteiger partial charge in [-0.3, -0.25) is 0 Å². The zero-order valence-corrected chi connectivity index (χ0v) is 10.3. The van der Waals surface area contributed by atoms with Crippen LogP contribution in [-0.2, 0) is 11.8 Å². The molecule has 0 bridgehead atoms. The van der Waals surface area contributed by atoms with E-state index in [1.807, 2.05) is 7.05 Å². The molecule has 1 fully saturated rings. The maximum atomic E-state index is 6.20. The summed E-state index contributed by atoms with van der Waals surface area (Å²) in [4.78, 5) is 0. The fourth-order valence-electron chi connectivity index (χ4n) is 1.96. The van der Waals surface area contributed by atoms with Gasteiger partial charge in [0.25, 0.3) is 0 Å². The molecule has 84 valence electrons. The summed E-state index contributed by atoms with van der Waals surface area (Å²) in [7, 11) is 1.86. The zero-order valence-electron chi connectivity index (χ0n) is 8.69. The van der Waals surface area contributed by atoms with E-state index in [2.05, 4.69) is 26.2 Å². The molecule has 1 aromatic rings. The molecule has 0 radical (unpaired) electrons. The second kappa shape index (κ2) is 4.59. The molecule has 1 aromatic heterocycles. The van der Waals surface area contributed by atoms with Crippen molar-refractivity contribution in [2.24, 2.45) is 18.7 Å². The standard InChI is InChI=1S/C9H15BrN4O/c1-14-8(9(10)12-13-14)7(11)6-3-2-4-15-5-6/h6-7H,2-5,11H2,1H3. The van der Waals surface area contributed by atoms with Gasteiger partial charge in [0.15, 0.2) is 4.60 Å². The van der Waals surface area contributed by atoms with Gasteiger partial charge < -0.3 is 10.5 Å². The molecular formula is C9H15BrN4O. The average molecular weight is 275 g/mol. The normalized spacial score (nSPS) is 24.1. The number of hydrogen-bond donors (Lipinski definition) is 1. The van der Waals surface area contributed by atoms with Gasteiger partial charge in [0.2, 0.25) is 0 Å². The van der Waals surface area contributed by atoms with Gasteiger partial charge in [-0.1, -0.05) is 5.21 Å². The Bertz CT molecular complexity index is 315. The molecule has 2 N–H and O–H groups in total. The lowest BCUT2D eigenvalue weighted by Crippen LogP contribution is -2.30. The van der Waals surface area contributed by atoms with Crippen LogP contribution < -0.4 is 5.73 Å². The minimum Gasteiger partial charge on any atom is -0.381 e. The number of nitrogens with zero attached hydrogens (tertiary/aromatic N) is 3. The number of ether oxygens (including phenoxy) is 1. The molecule has 2 heterocycles. The minimum atomic E-state index is -0.0559. The Labute approximate surface area is 97.1 Å². The van der Waals surface area contributed by atoms with Crippen LogP contribution in [0.1, 0.15) is 24.6 Å². The summed E-state index contributed by atoms with van der Waals surface area (Å²) in [6, 6.07) is -0.0559. The van der Waals surface area contributed by atoms with Crippen LogP contribution in [0.4, 0.5) is 0 Å². The number of halogens is 1. The lowest BCUT2D eigenvalue weighted by molar-refractivity contribution is 0.0436. The lowest BCUT2D eigenvalue weighted by Gasteiger charge is -2.27. The first-order valence-corrected chi connectivity index (χ1v) is 5.88. The van der Waals surface area contributed by atoms with E-state index in [9.17, 15) is 0 Å². The van der Waals surface area contributed by atoms with Crippen molar-refractivity contribution in [1.29, 1.82) is 0 Å². The molecule has 6 heteroatoms. The van der Waals surface area contributed by atoms with Gasteiger partial charge in [-0.25, -0.2) is 4.68 Å². The summed E-state index contributed by atoms with van der Waals surface area (Å²) in [5, 5.41) is 7.87. The maximum Gasteiger partial charge on any atom is 0.153 e. The Morgan fingerprint density at radius 2 is 2.47 bits per heavy atom. The lowest BCUT2D eigenvalue weighted by atomic mass is 9.92. The van der Waals surface area contributed by atoms with Crippen LogP contribution in [0.5, 0.6) is 0 Å². The van der Waals surface area contributed by atoms with E-state index in [1.54, 1.807) is 4.68 Å². The largest absolute Gasteiger partial charge is 0.381 e. The Hall–Kier alpha value is -0.460. The first-order valence-electron chi connectivity index (χ1n) is 5.08. The first kappa shape index (κ1) is 11.0. The molecule has 0 spiro atoms. The third-order valence-corrected chi connectivity index (χ3v) is 3.41. The van der Waals surface area contributed by atoms with Gasteiger partial charge in [0.1, 0.15) is 0 Å². The highest BCUT2D eigenvalue weighted by Gasteiger charge is 2.27. The Kier molecular flexibility index (Phi) is 3.38. The number of aromatic nitrogens is 3. The van der Waals surface area contributed by atoms with E-state index < -0.39 is 0 Å². The fourth-order valence-corrected chi connectivity index (χ4v) is 2.56. The number of aryl methyl sites for hydroxylation is 1. The van der Waals surface area contributed by atoms with Gasteiger partial charge in [-0.15, -0.1) is 5.10 Å². The molecule has 0 aromatic carbocycles. The monoisotopic (exact) mass is 274 g/mol. The predicted molar refractivity (Wildman–Crippen MR) is 59.2 cm³/mol. The van der Waals surface area contributed by atoms with Gasteiger partial charge in [0, 0.05) is 19.6 Å². The number of nitrogens with two attached hydrogens (primary N) is 1. The first-order chi connectivity index (χ1) is 7.20. The van der Waals surface area contributed by atoms with Crippen LogP contribution in [0.25, 0.3) is 0 Å². The van der Waals surface area contributed by atoms with Crippen LogP contribution in [0.3, 0.4) is 0 Å². The SMILES string of the molecule is Cn1nnc(Br)c1C(N)C1CCCOC1. The number of rotatable bonds is 2. The fraction of sp³-hybridized carbons (Fsp3) is 0.778. The number of hydrogen-bond acceptors (Lipinski definition) is 4. The molecule has 2 atom stereocenters. The molecule has 0 aliphatic carbocycles. The van der Waals surface area contributed by atoms with Gasteiger partial charge in [-0.05, 0) is 28.8 Å². The van der Waals surface area contributed by atoms with Crippen LogP contribution in [-0.4, -0.2) is 28.2 Å². The molecule has 5 nitrogen and oxygen atoms in total. The van der Waals surface area contributed by atoms with E-state index in [-0.39, 0.29) is 6.04 Å². The highest BCUT2D eigenvalue weighted by atomic mass is 79.9. The van der Waals surface area contributed by atoms with Gasteiger partial charge in [0.05, 0.1) is 18.3 Å². The van der Waals surface area contributed by atoms with Crippen molar-refractivity contribution in [1.82, 2.24) is 15.0 Å². The highest BCUT2D eigenvalue weighted by Crippen LogP contribution is 2.29. The van der Waals surface area contributed by atoms with Gasteiger partial charge >= 0.3 is 0 Å². The second-order valence-electron chi connectivity index (χ2n) is 3.89. The molecule has 1 aliphatic heterocycles. The van der Waals surface area contributed by atoms with E-state index >= 15 is 0 Å². The van der Waals surface area contributed by atoms with E-state index in [4.69, 9.17) is 10.5 Å². The molecule has 1 saturated heterocycles. The summed E-state index contributed by atoms with van der Waals surface area (Å²) in [5.74, 6) is 0.368. The second-order valence-corrected chi connectivity index (χ2v) is 4.64. The van der Waals surface area contributed by atoms with Crippen molar-refractivity contribution in [3.8, 4) is 0 Å². The van der Waals surface area contributed by atoms with Gasteiger partial charge in [-0.2, -0.15) is 0 Å². The molecule has 0 amide bonds. The summed E-state index contributed by atoms with van der Waals surface area (Å²) in [6.45, 7) is 1.59. The third kappa shape index (κ3) is 2.21. The zero-order chi connectivity index (χ0) is 10.8. The highest BCUT2D eigenvalue weighted by molar-refractivity contribution is 9.10. The third-order valence-electron chi connectivity index (χ3n) is 2.85.